The molecule has 2 saturated heterocycles. The minimum Gasteiger partial charge on any atom is -0.462 e. The van der Waals surface area contributed by atoms with Gasteiger partial charge in [0.15, 0.2) is 0 Å². The van der Waals surface area contributed by atoms with Gasteiger partial charge in [0, 0.05) is 12.2 Å². The molecular weight excluding hydrogens is 316 g/mol. The van der Waals surface area contributed by atoms with E-state index in [9.17, 15) is 0 Å². The molecule has 2 aliphatic heterocycles. The molecule has 2 heteroatoms. The van der Waals surface area contributed by atoms with Crippen LogP contribution in [0.2, 0.25) is 0 Å². The first-order chi connectivity index (χ1) is 12.4. The Morgan fingerprint density at radius 3 is 1.92 bits per heavy atom. The molecule has 0 radical (unpaired) electrons. The summed E-state index contributed by atoms with van der Waals surface area (Å²) in [5, 5.41) is 0. The molecule has 0 saturated carbocycles. The Balaban J connectivity index is 1.78. The molecule has 0 spiro atoms. The van der Waals surface area contributed by atoms with Gasteiger partial charge in [0.25, 0.3) is 0 Å². The van der Waals surface area contributed by atoms with Gasteiger partial charge in [0.05, 0.1) is 13.1 Å². The SMILES string of the molecule is Cc1cc(C)c(C2CC[NH+]3CCN(c4c(C)cc(C)cc4C)[C-]23)c(C)c1. The Morgan fingerprint density at radius 1 is 0.808 bits per heavy atom. The van der Waals surface area contributed by atoms with Gasteiger partial charge in [-0.05, 0) is 76.4 Å². The largest absolute Gasteiger partial charge is 0.462 e. The first kappa shape index (κ1) is 17.6. The predicted molar refractivity (Wildman–Crippen MR) is 110 cm³/mol. The van der Waals surface area contributed by atoms with Crippen LogP contribution in [-0.2, 0) is 0 Å². The molecule has 2 atom stereocenters. The lowest BCUT2D eigenvalue weighted by atomic mass is 9.86. The molecule has 26 heavy (non-hydrogen) atoms. The van der Waals surface area contributed by atoms with Crippen LogP contribution in [0.4, 0.5) is 5.69 Å². The molecule has 2 nitrogen and oxygen atoms in total. The number of benzene rings is 2. The maximum Gasteiger partial charge on any atom is 0.0701 e. The van der Waals surface area contributed by atoms with E-state index in [1.807, 2.05) is 0 Å². The molecule has 1 N–H and O–H groups in total. The van der Waals surface area contributed by atoms with Crippen LogP contribution in [0.15, 0.2) is 24.3 Å². The molecule has 2 unspecified atom stereocenters. The lowest BCUT2D eigenvalue weighted by molar-refractivity contribution is -0.863. The minimum atomic E-state index is 0.563. The van der Waals surface area contributed by atoms with Crippen molar-refractivity contribution in [2.45, 2.75) is 53.9 Å². The van der Waals surface area contributed by atoms with E-state index in [0.29, 0.717) is 5.92 Å². The average molecular weight is 349 g/mol. The molecular formula is C24H32N2. The third kappa shape index (κ3) is 2.75. The molecule has 0 amide bonds. The van der Waals surface area contributed by atoms with E-state index in [-0.39, 0.29) is 0 Å². The number of anilines is 1. The van der Waals surface area contributed by atoms with E-state index >= 15 is 0 Å². The van der Waals surface area contributed by atoms with Crippen molar-refractivity contribution in [2.24, 2.45) is 0 Å². The van der Waals surface area contributed by atoms with Crippen molar-refractivity contribution in [3.63, 3.8) is 0 Å². The zero-order valence-corrected chi connectivity index (χ0v) is 17.2. The number of nitrogens with zero attached hydrogens (tertiary/aromatic N) is 1. The monoisotopic (exact) mass is 348 g/mol. The Hall–Kier alpha value is -1.80. The first-order valence-electron chi connectivity index (χ1n) is 10.0. The van der Waals surface area contributed by atoms with Crippen LogP contribution in [0.25, 0.3) is 0 Å². The molecule has 0 aliphatic carbocycles. The fourth-order valence-corrected chi connectivity index (χ4v) is 5.68. The van der Waals surface area contributed by atoms with Gasteiger partial charge < -0.3 is 9.80 Å². The Labute approximate surface area is 158 Å². The third-order valence-electron chi connectivity index (χ3n) is 6.35. The summed E-state index contributed by atoms with van der Waals surface area (Å²) < 4.78 is 0. The summed E-state index contributed by atoms with van der Waals surface area (Å²) in [6, 6.07) is 9.41. The van der Waals surface area contributed by atoms with E-state index in [4.69, 9.17) is 0 Å². The number of hydrogen-bond acceptors (Lipinski definition) is 1. The molecule has 2 aromatic carbocycles. The highest BCUT2D eigenvalue weighted by Crippen LogP contribution is 2.41. The number of rotatable bonds is 2. The van der Waals surface area contributed by atoms with E-state index in [1.54, 1.807) is 16.6 Å². The average Bonchev–Trinajstić information content (AvgIpc) is 3.09. The zero-order chi connectivity index (χ0) is 18.6. The van der Waals surface area contributed by atoms with Crippen molar-refractivity contribution in [3.05, 3.63) is 69.4 Å². The van der Waals surface area contributed by atoms with E-state index in [0.717, 1.165) is 6.54 Å². The second-order valence-electron chi connectivity index (χ2n) is 8.54. The van der Waals surface area contributed by atoms with Gasteiger partial charge in [-0.1, -0.05) is 46.9 Å². The fourth-order valence-electron chi connectivity index (χ4n) is 5.68. The molecule has 0 bridgehead atoms. The van der Waals surface area contributed by atoms with Crippen molar-refractivity contribution in [2.75, 3.05) is 24.5 Å². The summed E-state index contributed by atoms with van der Waals surface area (Å²) in [7, 11) is 0. The topological polar surface area (TPSA) is 7.68 Å². The van der Waals surface area contributed by atoms with Crippen LogP contribution < -0.4 is 9.80 Å². The molecule has 4 rings (SSSR count). The molecule has 2 heterocycles. The normalized spacial score (nSPS) is 22.9. The van der Waals surface area contributed by atoms with E-state index < -0.39 is 0 Å². The summed E-state index contributed by atoms with van der Waals surface area (Å²) in [6.07, 6.45) is 2.89. The molecule has 2 fully saturated rings. The fraction of sp³-hybridized carbons (Fsp3) is 0.458. The predicted octanol–water partition coefficient (Wildman–Crippen LogP) is 3.92. The second kappa shape index (κ2) is 6.42. The smallest absolute Gasteiger partial charge is 0.0701 e. The summed E-state index contributed by atoms with van der Waals surface area (Å²) in [6.45, 7) is 17.2. The number of nitrogens with one attached hydrogen (secondary N) is 1. The molecule has 2 aromatic rings. The highest BCUT2D eigenvalue weighted by Gasteiger charge is 2.38. The summed E-state index contributed by atoms with van der Waals surface area (Å²) in [5.41, 5.74) is 11.5. The van der Waals surface area contributed by atoms with Crippen LogP contribution >= 0.6 is 0 Å². The Morgan fingerprint density at radius 2 is 1.35 bits per heavy atom. The number of aryl methyl sites for hydroxylation is 6. The van der Waals surface area contributed by atoms with Crippen LogP contribution in [0, 0.1) is 47.7 Å². The minimum absolute atomic E-state index is 0.563. The molecule has 2 aliphatic rings. The van der Waals surface area contributed by atoms with Crippen LogP contribution in [0.5, 0.6) is 0 Å². The highest BCUT2D eigenvalue weighted by molar-refractivity contribution is 5.63. The summed E-state index contributed by atoms with van der Waals surface area (Å²) in [5.74, 6) is 0.563. The van der Waals surface area contributed by atoms with Gasteiger partial charge in [-0.2, -0.15) is 0 Å². The maximum atomic E-state index is 2.66. The Bertz CT molecular complexity index is 736. The van der Waals surface area contributed by atoms with Gasteiger partial charge in [-0.15, -0.1) is 0 Å². The zero-order valence-electron chi connectivity index (χ0n) is 17.2. The summed E-state index contributed by atoms with van der Waals surface area (Å²) in [4.78, 5) is 4.37. The van der Waals surface area contributed by atoms with E-state index in [1.165, 1.54) is 58.6 Å². The third-order valence-corrected chi connectivity index (χ3v) is 6.35. The van der Waals surface area contributed by atoms with Crippen LogP contribution in [0.3, 0.4) is 0 Å². The van der Waals surface area contributed by atoms with Crippen LogP contribution in [0.1, 0.15) is 51.3 Å². The quantitative estimate of drug-likeness (QED) is 0.808. The molecule has 138 valence electrons. The van der Waals surface area contributed by atoms with Crippen molar-refractivity contribution >= 4 is 5.69 Å². The molecule has 0 aromatic heterocycles. The Kier molecular flexibility index (Phi) is 4.35. The van der Waals surface area contributed by atoms with Gasteiger partial charge in [0.1, 0.15) is 0 Å². The lowest BCUT2D eigenvalue weighted by Crippen LogP contribution is -3.09. The van der Waals surface area contributed by atoms with Crippen LogP contribution in [-0.4, -0.2) is 19.6 Å². The van der Waals surface area contributed by atoms with Gasteiger partial charge in [-0.3, -0.25) is 0 Å². The van der Waals surface area contributed by atoms with Crippen molar-refractivity contribution in [3.8, 4) is 0 Å². The highest BCUT2D eigenvalue weighted by atomic mass is 15.4. The number of hydrogen-bond donors (Lipinski definition) is 1. The van der Waals surface area contributed by atoms with Gasteiger partial charge >= 0.3 is 0 Å². The first-order valence-corrected chi connectivity index (χ1v) is 10.0. The number of quaternary nitrogens is 1. The van der Waals surface area contributed by atoms with E-state index in [2.05, 4.69) is 70.7 Å². The second-order valence-corrected chi connectivity index (χ2v) is 8.54. The summed E-state index contributed by atoms with van der Waals surface area (Å²) >= 11 is 0. The van der Waals surface area contributed by atoms with Crippen molar-refractivity contribution in [1.29, 1.82) is 0 Å². The standard InChI is InChI=1S/C24H32N2/c1-15-11-17(3)22(18(4)12-15)21-7-8-25-9-10-26(24(21)25)23-19(5)13-16(2)14-20(23)6/h11-14,21,25H,7-10H2,1-6H3. The van der Waals surface area contributed by atoms with Crippen molar-refractivity contribution in [1.82, 2.24) is 0 Å². The van der Waals surface area contributed by atoms with Gasteiger partial charge in [-0.25, -0.2) is 0 Å². The maximum absolute atomic E-state index is 2.66. The number of fused-ring (bicyclic) bond motifs is 1. The van der Waals surface area contributed by atoms with Gasteiger partial charge in [0.2, 0.25) is 0 Å². The lowest BCUT2D eigenvalue weighted by Gasteiger charge is -2.42. The van der Waals surface area contributed by atoms with Crippen molar-refractivity contribution < 1.29 is 4.90 Å².